The molecule has 4 nitrogen and oxygen atoms in total. The molecule has 1 N–H and O–H groups in total. The highest BCUT2D eigenvalue weighted by atomic mass is 127. The van der Waals surface area contributed by atoms with Crippen LogP contribution in [-0.4, -0.2) is 32.1 Å². The fourth-order valence-corrected chi connectivity index (χ4v) is 2.31. The van der Waals surface area contributed by atoms with Crippen molar-refractivity contribution in [3.63, 3.8) is 0 Å². The van der Waals surface area contributed by atoms with Crippen LogP contribution in [0, 0.1) is 0 Å². The van der Waals surface area contributed by atoms with Gasteiger partial charge in [0.1, 0.15) is 0 Å². The number of nitrogens with zero attached hydrogens (tertiary/aromatic N) is 2. The van der Waals surface area contributed by atoms with E-state index in [9.17, 15) is 0 Å². The van der Waals surface area contributed by atoms with Crippen LogP contribution >= 0.6 is 24.0 Å². The zero-order valence-corrected chi connectivity index (χ0v) is 16.9. The maximum Gasteiger partial charge on any atom is 0.194 e. The Morgan fingerprint density at radius 3 is 2.25 bits per heavy atom. The predicted octanol–water partition coefficient (Wildman–Crippen LogP) is 3.66. The van der Waals surface area contributed by atoms with Crippen molar-refractivity contribution in [2.24, 2.45) is 4.99 Å². The van der Waals surface area contributed by atoms with Crippen LogP contribution in [0.25, 0.3) is 0 Å². The third kappa shape index (κ3) is 6.49. The van der Waals surface area contributed by atoms with E-state index in [-0.39, 0.29) is 24.0 Å². The number of halogens is 1. The molecule has 2 aromatic carbocycles. The molecule has 0 bridgehead atoms. The minimum Gasteiger partial charge on any atom is -0.380 e. The molecule has 2 aromatic rings. The van der Waals surface area contributed by atoms with Crippen molar-refractivity contribution < 1.29 is 4.74 Å². The first-order valence-electron chi connectivity index (χ1n) is 7.76. The monoisotopic (exact) mass is 439 g/mol. The first kappa shape index (κ1) is 20.4. The summed E-state index contributed by atoms with van der Waals surface area (Å²) in [5, 5.41) is 3.42. The highest BCUT2D eigenvalue weighted by molar-refractivity contribution is 14.0. The second kappa shape index (κ2) is 11.0. The molecule has 130 valence electrons. The first-order valence-corrected chi connectivity index (χ1v) is 7.76. The number of nitrogens with one attached hydrogen (secondary N) is 1. The Morgan fingerprint density at radius 1 is 1.00 bits per heavy atom. The lowest BCUT2D eigenvalue weighted by Gasteiger charge is -2.19. The van der Waals surface area contributed by atoms with E-state index >= 15 is 0 Å². The number of hydrogen-bond acceptors (Lipinski definition) is 2. The third-order valence-corrected chi connectivity index (χ3v) is 3.53. The van der Waals surface area contributed by atoms with Gasteiger partial charge in [-0.1, -0.05) is 54.6 Å². The molecule has 2 rings (SSSR count). The molecular weight excluding hydrogens is 413 g/mol. The van der Waals surface area contributed by atoms with Gasteiger partial charge in [0.2, 0.25) is 0 Å². The van der Waals surface area contributed by atoms with Crippen LogP contribution in [0.3, 0.4) is 0 Å². The van der Waals surface area contributed by atoms with Crippen molar-refractivity contribution in [1.29, 1.82) is 0 Å². The standard InChI is InChI=1S/C19H25N3O.HI/c1-22(2)19(20-13-16-9-5-4-6-10-16)21-14-17-11-7-8-12-18(17)15-23-3;/h4-12H,13-15H2,1-3H3,(H,20,21);1H. The van der Waals surface area contributed by atoms with Crippen LogP contribution in [-0.2, 0) is 24.4 Å². The van der Waals surface area contributed by atoms with Gasteiger partial charge < -0.3 is 15.0 Å². The Balaban J connectivity index is 0.00000288. The minimum atomic E-state index is 0. The Bertz CT molecular complexity index is 630. The van der Waals surface area contributed by atoms with E-state index in [2.05, 4.69) is 34.6 Å². The lowest BCUT2D eigenvalue weighted by molar-refractivity contribution is 0.184. The van der Waals surface area contributed by atoms with Gasteiger partial charge in [-0.15, -0.1) is 24.0 Å². The summed E-state index contributed by atoms with van der Waals surface area (Å²) in [5.74, 6) is 0.876. The molecule has 0 spiro atoms. The van der Waals surface area contributed by atoms with Crippen molar-refractivity contribution in [2.45, 2.75) is 19.7 Å². The van der Waals surface area contributed by atoms with Crippen LogP contribution in [0.15, 0.2) is 59.6 Å². The number of guanidine groups is 1. The molecule has 0 aliphatic carbocycles. The molecule has 0 aliphatic rings. The number of ether oxygens (including phenoxy) is 1. The summed E-state index contributed by atoms with van der Waals surface area (Å²) in [6, 6.07) is 18.6. The molecule has 0 radical (unpaired) electrons. The van der Waals surface area contributed by atoms with Gasteiger partial charge in [0.25, 0.3) is 0 Å². The van der Waals surface area contributed by atoms with Gasteiger partial charge in [-0.2, -0.15) is 0 Å². The normalized spacial score (nSPS) is 10.9. The molecule has 5 heteroatoms. The van der Waals surface area contributed by atoms with Crippen LogP contribution < -0.4 is 5.32 Å². The molecular formula is C19H26IN3O. The lowest BCUT2D eigenvalue weighted by atomic mass is 10.1. The van der Waals surface area contributed by atoms with Crippen LogP contribution in [0.4, 0.5) is 0 Å². The maximum absolute atomic E-state index is 5.26. The average molecular weight is 439 g/mol. The zero-order valence-electron chi connectivity index (χ0n) is 14.5. The van der Waals surface area contributed by atoms with Crippen LogP contribution in [0.2, 0.25) is 0 Å². The second-order valence-electron chi connectivity index (χ2n) is 5.58. The highest BCUT2D eigenvalue weighted by Gasteiger charge is 2.05. The van der Waals surface area contributed by atoms with Crippen molar-refractivity contribution in [1.82, 2.24) is 10.2 Å². The fourth-order valence-electron chi connectivity index (χ4n) is 2.31. The molecule has 0 aliphatic heterocycles. The van der Waals surface area contributed by atoms with E-state index in [0.717, 1.165) is 12.5 Å². The van der Waals surface area contributed by atoms with Gasteiger partial charge in [0, 0.05) is 27.7 Å². The summed E-state index contributed by atoms with van der Waals surface area (Å²) in [6.45, 7) is 2.02. The van der Waals surface area contributed by atoms with Gasteiger partial charge in [-0.3, -0.25) is 0 Å². The van der Waals surface area contributed by atoms with E-state index in [0.29, 0.717) is 13.2 Å². The molecule has 0 saturated carbocycles. The smallest absolute Gasteiger partial charge is 0.194 e. The molecule has 24 heavy (non-hydrogen) atoms. The lowest BCUT2D eigenvalue weighted by Crippen LogP contribution is -2.36. The van der Waals surface area contributed by atoms with Crippen molar-refractivity contribution in [3.8, 4) is 0 Å². The molecule has 0 unspecified atom stereocenters. The first-order chi connectivity index (χ1) is 11.2. The number of benzene rings is 2. The molecule has 0 saturated heterocycles. The SMILES string of the molecule is COCc1ccccc1CNC(=NCc1ccccc1)N(C)C.I. The van der Waals surface area contributed by atoms with Gasteiger partial charge in [0.05, 0.1) is 13.2 Å². The number of aliphatic imine (C=N–C) groups is 1. The highest BCUT2D eigenvalue weighted by Crippen LogP contribution is 2.10. The van der Waals surface area contributed by atoms with Gasteiger partial charge in [0.15, 0.2) is 5.96 Å². The topological polar surface area (TPSA) is 36.9 Å². The van der Waals surface area contributed by atoms with E-state index in [1.165, 1.54) is 16.7 Å². The van der Waals surface area contributed by atoms with E-state index in [1.807, 2.05) is 49.3 Å². The number of hydrogen-bond donors (Lipinski definition) is 1. The fraction of sp³-hybridized carbons (Fsp3) is 0.316. The van der Waals surface area contributed by atoms with E-state index in [1.54, 1.807) is 7.11 Å². The molecule has 0 atom stereocenters. The summed E-state index contributed by atoms with van der Waals surface area (Å²) < 4.78 is 5.26. The Kier molecular flexibility index (Phi) is 9.41. The van der Waals surface area contributed by atoms with Crippen LogP contribution in [0.5, 0.6) is 0 Å². The average Bonchev–Trinajstić information content (AvgIpc) is 2.57. The van der Waals surface area contributed by atoms with Gasteiger partial charge in [-0.05, 0) is 16.7 Å². The van der Waals surface area contributed by atoms with Crippen molar-refractivity contribution in [3.05, 3.63) is 71.3 Å². The number of rotatable bonds is 6. The molecule has 0 amide bonds. The predicted molar refractivity (Wildman–Crippen MR) is 111 cm³/mol. The largest absolute Gasteiger partial charge is 0.380 e. The molecule has 0 heterocycles. The van der Waals surface area contributed by atoms with Crippen molar-refractivity contribution in [2.75, 3.05) is 21.2 Å². The molecule has 0 aromatic heterocycles. The van der Waals surface area contributed by atoms with Crippen molar-refractivity contribution >= 4 is 29.9 Å². The summed E-state index contributed by atoms with van der Waals surface area (Å²) in [7, 11) is 5.71. The third-order valence-electron chi connectivity index (χ3n) is 3.53. The van der Waals surface area contributed by atoms with Crippen LogP contribution in [0.1, 0.15) is 16.7 Å². The summed E-state index contributed by atoms with van der Waals surface area (Å²) in [4.78, 5) is 6.69. The molecule has 0 fully saturated rings. The summed E-state index contributed by atoms with van der Waals surface area (Å²) in [6.07, 6.45) is 0. The minimum absolute atomic E-state index is 0. The van der Waals surface area contributed by atoms with E-state index in [4.69, 9.17) is 4.74 Å². The van der Waals surface area contributed by atoms with E-state index < -0.39 is 0 Å². The van der Waals surface area contributed by atoms with Gasteiger partial charge in [-0.25, -0.2) is 4.99 Å². The number of methoxy groups -OCH3 is 1. The Hall–Kier alpha value is -1.60. The maximum atomic E-state index is 5.26. The second-order valence-corrected chi connectivity index (χ2v) is 5.58. The Morgan fingerprint density at radius 2 is 1.62 bits per heavy atom. The summed E-state index contributed by atoms with van der Waals surface area (Å²) >= 11 is 0. The Labute approximate surface area is 162 Å². The van der Waals surface area contributed by atoms with Gasteiger partial charge >= 0.3 is 0 Å². The zero-order chi connectivity index (χ0) is 16.5. The summed E-state index contributed by atoms with van der Waals surface area (Å²) in [5.41, 5.74) is 3.63. The quantitative estimate of drug-likeness (QED) is 0.424.